The molecule has 0 bridgehead atoms. The van der Waals surface area contributed by atoms with Crippen LogP contribution in [0.5, 0.6) is 0 Å². The molecule has 3 heteroatoms. The molecule has 0 fully saturated rings. The Morgan fingerprint density at radius 3 is 2.56 bits per heavy atom. The molecule has 0 aliphatic rings. The van der Waals surface area contributed by atoms with Crippen molar-refractivity contribution < 1.29 is 13.6 Å². The fourth-order valence-electron chi connectivity index (χ4n) is 1.18. The van der Waals surface area contributed by atoms with E-state index in [4.69, 9.17) is 8.83 Å². The molecule has 0 aromatic carbocycles. The zero-order valence-corrected chi connectivity index (χ0v) is 8.50. The maximum absolute atomic E-state index is 11.4. The number of hydrogen-bond acceptors (Lipinski definition) is 3. The number of furan rings is 2. The van der Waals surface area contributed by atoms with Gasteiger partial charge in [-0.1, -0.05) is 12.2 Å². The third-order valence-corrected chi connectivity index (χ3v) is 1.93. The van der Waals surface area contributed by atoms with E-state index in [1.54, 1.807) is 42.7 Å². The van der Waals surface area contributed by atoms with Gasteiger partial charge in [-0.25, -0.2) is 0 Å². The lowest BCUT2D eigenvalue weighted by atomic mass is 10.2. The zero-order chi connectivity index (χ0) is 11.2. The first-order chi connectivity index (χ1) is 7.86. The fraction of sp³-hybridized carbons (Fsp3) is 0. The van der Waals surface area contributed by atoms with Crippen LogP contribution in [0, 0.1) is 0 Å². The van der Waals surface area contributed by atoms with Gasteiger partial charge in [-0.15, -0.1) is 0 Å². The standard InChI is InChI=1S/C13H10O3/c14-12(13-8-4-10-16-13)7-2-1-5-11-6-3-9-15-11/h1-10H/b5-1+,7-2+. The average molecular weight is 214 g/mol. The summed E-state index contributed by atoms with van der Waals surface area (Å²) in [6.45, 7) is 0. The minimum atomic E-state index is -0.158. The average Bonchev–Trinajstić information content (AvgIpc) is 2.96. The molecular formula is C13H10O3. The maximum Gasteiger partial charge on any atom is 0.220 e. The van der Waals surface area contributed by atoms with E-state index in [0.29, 0.717) is 5.76 Å². The van der Waals surface area contributed by atoms with Gasteiger partial charge in [-0.2, -0.15) is 0 Å². The molecule has 0 radical (unpaired) electrons. The maximum atomic E-state index is 11.4. The Morgan fingerprint density at radius 2 is 1.88 bits per heavy atom. The molecular weight excluding hydrogens is 204 g/mol. The number of rotatable bonds is 4. The summed E-state index contributed by atoms with van der Waals surface area (Å²) in [5, 5.41) is 0. The summed E-state index contributed by atoms with van der Waals surface area (Å²) >= 11 is 0. The van der Waals surface area contributed by atoms with E-state index in [1.807, 2.05) is 6.07 Å². The number of carbonyl (C=O) groups is 1. The fourth-order valence-corrected chi connectivity index (χ4v) is 1.18. The Bertz CT molecular complexity index is 487. The van der Waals surface area contributed by atoms with Crippen molar-refractivity contribution in [2.24, 2.45) is 0 Å². The Balaban J connectivity index is 1.93. The van der Waals surface area contributed by atoms with Crippen molar-refractivity contribution in [3.8, 4) is 0 Å². The van der Waals surface area contributed by atoms with Gasteiger partial charge in [0.1, 0.15) is 5.76 Å². The van der Waals surface area contributed by atoms with E-state index in [0.717, 1.165) is 5.76 Å². The van der Waals surface area contributed by atoms with Crippen LogP contribution in [0.25, 0.3) is 6.08 Å². The molecule has 2 rings (SSSR count). The molecule has 80 valence electrons. The third-order valence-electron chi connectivity index (χ3n) is 1.93. The normalized spacial score (nSPS) is 11.5. The van der Waals surface area contributed by atoms with Gasteiger partial charge in [-0.05, 0) is 36.4 Å². The molecule has 0 N–H and O–H groups in total. The summed E-state index contributed by atoms with van der Waals surface area (Å²) in [6.07, 6.45) is 9.66. The summed E-state index contributed by atoms with van der Waals surface area (Å²) < 4.78 is 10.0. The van der Waals surface area contributed by atoms with Crippen molar-refractivity contribution in [1.82, 2.24) is 0 Å². The van der Waals surface area contributed by atoms with Gasteiger partial charge in [0, 0.05) is 0 Å². The van der Waals surface area contributed by atoms with E-state index in [-0.39, 0.29) is 5.78 Å². The van der Waals surface area contributed by atoms with Crippen LogP contribution in [0.2, 0.25) is 0 Å². The lowest BCUT2D eigenvalue weighted by Crippen LogP contribution is -1.89. The Morgan fingerprint density at radius 1 is 1.06 bits per heavy atom. The third kappa shape index (κ3) is 2.60. The first-order valence-corrected chi connectivity index (χ1v) is 4.82. The molecule has 2 heterocycles. The SMILES string of the molecule is O=C(/C=C/C=C/c1ccco1)c1ccco1. The number of hydrogen-bond donors (Lipinski definition) is 0. The second kappa shape index (κ2) is 4.98. The lowest BCUT2D eigenvalue weighted by Gasteiger charge is -1.85. The molecule has 0 aliphatic carbocycles. The van der Waals surface area contributed by atoms with Crippen molar-refractivity contribution in [3.05, 3.63) is 66.5 Å². The van der Waals surface area contributed by atoms with Crippen LogP contribution >= 0.6 is 0 Å². The van der Waals surface area contributed by atoms with Crippen molar-refractivity contribution in [1.29, 1.82) is 0 Å². The van der Waals surface area contributed by atoms with Crippen molar-refractivity contribution in [2.45, 2.75) is 0 Å². The van der Waals surface area contributed by atoms with Gasteiger partial charge in [-0.3, -0.25) is 4.79 Å². The van der Waals surface area contributed by atoms with Gasteiger partial charge in [0.2, 0.25) is 5.78 Å². The van der Waals surface area contributed by atoms with Crippen LogP contribution in [-0.4, -0.2) is 5.78 Å². The van der Waals surface area contributed by atoms with Crippen molar-refractivity contribution >= 4 is 11.9 Å². The molecule has 0 spiro atoms. The van der Waals surface area contributed by atoms with Gasteiger partial charge < -0.3 is 8.83 Å². The van der Waals surface area contributed by atoms with Crippen LogP contribution in [-0.2, 0) is 0 Å². The second-order valence-electron chi connectivity index (χ2n) is 3.08. The van der Waals surface area contributed by atoms with Crippen molar-refractivity contribution in [3.63, 3.8) is 0 Å². The molecule has 16 heavy (non-hydrogen) atoms. The molecule has 3 nitrogen and oxygen atoms in total. The first-order valence-electron chi connectivity index (χ1n) is 4.82. The highest BCUT2D eigenvalue weighted by molar-refractivity contribution is 6.02. The first kappa shape index (κ1) is 10.2. The summed E-state index contributed by atoms with van der Waals surface area (Å²) in [7, 11) is 0. The van der Waals surface area contributed by atoms with E-state index >= 15 is 0 Å². The molecule has 0 amide bonds. The predicted octanol–water partition coefficient (Wildman–Crippen LogP) is 3.32. The predicted molar refractivity (Wildman–Crippen MR) is 59.9 cm³/mol. The number of allylic oxidation sites excluding steroid dienone is 3. The highest BCUT2D eigenvalue weighted by Gasteiger charge is 2.02. The van der Waals surface area contributed by atoms with E-state index in [2.05, 4.69) is 0 Å². The summed E-state index contributed by atoms with van der Waals surface area (Å²) in [5.41, 5.74) is 0. The van der Waals surface area contributed by atoms with E-state index < -0.39 is 0 Å². The van der Waals surface area contributed by atoms with Gasteiger partial charge in [0.25, 0.3) is 0 Å². The van der Waals surface area contributed by atoms with Gasteiger partial charge in [0.05, 0.1) is 12.5 Å². The topological polar surface area (TPSA) is 43.4 Å². The summed E-state index contributed by atoms with van der Waals surface area (Å²) in [6, 6.07) is 6.94. The molecule has 0 saturated heterocycles. The zero-order valence-electron chi connectivity index (χ0n) is 8.50. The Labute approximate surface area is 92.7 Å². The van der Waals surface area contributed by atoms with Crippen LogP contribution < -0.4 is 0 Å². The Kier molecular flexibility index (Phi) is 3.18. The molecule has 0 unspecified atom stereocenters. The highest BCUT2D eigenvalue weighted by atomic mass is 16.3. The highest BCUT2D eigenvalue weighted by Crippen LogP contribution is 2.04. The Hall–Kier alpha value is -2.29. The minimum Gasteiger partial charge on any atom is -0.465 e. The number of carbonyl (C=O) groups excluding carboxylic acids is 1. The molecule has 0 atom stereocenters. The molecule has 2 aromatic heterocycles. The van der Waals surface area contributed by atoms with E-state index in [9.17, 15) is 4.79 Å². The van der Waals surface area contributed by atoms with E-state index in [1.165, 1.54) is 12.3 Å². The van der Waals surface area contributed by atoms with Crippen LogP contribution in [0.3, 0.4) is 0 Å². The van der Waals surface area contributed by atoms with Crippen LogP contribution in [0.1, 0.15) is 16.3 Å². The summed E-state index contributed by atoms with van der Waals surface area (Å²) in [4.78, 5) is 11.4. The molecule has 0 saturated carbocycles. The second-order valence-corrected chi connectivity index (χ2v) is 3.08. The van der Waals surface area contributed by atoms with Crippen LogP contribution in [0.4, 0.5) is 0 Å². The smallest absolute Gasteiger partial charge is 0.220 e. The quantitative estimate of drug-likeness (QED) is 0.445. The van der Waals surface area contributed by atoms with Gasteiger partial charge >= 0.3 is 0 Å². The largest absolute Gasteiger partial charge is 0.465 e. The monoisotopic (exact) mass is 214 g/mol. The van der Waals surface area contributed by atoms with Gasteiger partial charge in [0.15, 0.2) is 5.76 Å². The van der Waals surface area contributed by atoms with Crippen molar-refractivity contribution in [2.75, 3.05) is 0 Å². The molecule has 0 aliphatic heterocycles. The minimum absolute atomic E-state index is 0.158. The summed E-state index contributed by atoms with van der Waals surface area (Å²) in [5.74, 6) is 0.923. The lowest BCUT2D eigenvalue weighted by molar-refractivity contribution is 0.102. The van der Waals surface area contributed by atoms with Crippen LogP contribution in [0.15, 0.2) is 63.9 Å². The number of ketones is 1. The molecule has 2 aromatic rings.